The first-order valence-electron chi connectivity index (χ1n) is 3.93. The molecule has 0 aliphatic carbocycles. The first-order chi connectivity index (χ1) is 5.33. The SMILES string of the molecule is C=C[C@@H]1OC(=O)N2CCC[C@@H]12. The number of carbonyl (C=O) groups excluding carboxylic acids is 1. The van der Waals surface area contributed by atoms with Gasteiger partial charge in [-0.3, -0.25) is 0 Å². The van der Waals surface area contributed by atoms with Gasteiger partial charge in [0, 0.05) is 6.54 Å². The monoisotopic (exact) mass is 153 g/mol. The van der Waals surface area contributed by atoms with Gasteiger partial charge in [0.15, 0.2) is 0 Å². The smallest absolute Gasteiger partial charge is 0.410 e. The average Bonchev–Trinajstić information content (AvgIpc) is 2.54. The van der Waals surface area contributed by atoms with Gasteiger partial charge < -0.3 is 9.64 Å². The molecule has 2 atom stereocenters. The Kier molecular flexibility index (Phi) is 1.37. The molecule has 2 heterocycles. The van der Waals surface area contributed by atoms with Crippen molar-refractivity contribution in [3.8, 4) is 0 Å². The highest BCUT2D eigenvalue weighted by Gasteiger charge is 2.42. The molecule has 2 aliphatic rings. The minimum Gasteiger partial charge on any atom is -0.440 e. The number of nitrogens with zero attached hydrogens (tertiary/aromatic N) is 1. The van der Waals surface area contributed by atoms with Crippen LogP contribution >= 0.6 is 0 Å². The zero-order valence-electron chi connectivity index (χ0n) is 6.32. The van der Waals surface area contributed by atoms with E-state index in [4.69, 9.17) is 4.74 Å². The second kappa shape index (κ2) is 2.26. The van der Waals surface area contributed by atoms with E-state index in [-0.39, 0.29) is 18.2 Å². The summed E-state index contributed by atoms with van der Waals surface area (Å²) in [7, 11) is 0. The van der Waals surface area contributed by atoms with Gasteiger partial charge in [-0.05, 0) is 18.9 Å². The summed E-state index contributed by atoms with van der Waals surface area (Å²) in [4.78, 5) is 12.9. The highest BCUT2D eigenvalue weighted by Crippen LogP contribution is 2.29. The van der Waals surface area contributed by atoms with Crippen LogP contribution in [0.1, 0.15) is 12.8 Å². The molecule has 1 amide bonds. The van der Waals surface area contributed by atoms with E-state index in [9.17, 15) is 4.79 Å². The summed E-state index contributed by atoms with van der Waals surface area (Å²) in [6.07, 6.45) is 3.64. The molecule has 0 aromatic heterocycles. The lowest BCUT2D eigenvalue weighted by Crippen LogP contribution is -2.29. The van der Waals surface area contributed by atoms with E-state index in [1.165, 1.54) is 0 Å². The second-order valence-electron chi connectivity index (χ2n) is 2.99. The first-order valence-corrected chi connectivity index (χ1v) is 3.93. The first kappa shape index (κ1) is 6.70. The molecule has 2 aliphatic heterocycles. The number of amides is 1. The van der Waals surface area contributed by atoms with Gasteiger partial charge in [-0.25, -0.2) is 4.79 Å². The minimum atomic E-state index is -0.169. The molecule has 0 radical (unpaired) electrons. The minimum absolute atomic E-state index is 0.0648. The van der Waals surface area contributed by atoms with Gasteiger partial charge >= 0.3 is 6.09 Å². The Morgan fingerprint density at radius 3 is 3.27 bits per heavy atom. The molecule has 0 spiro atoms. The van der Waals surface area contributed by atoms with Crippen molar-refractivity contribution in [2.24, 2.45) is 0 Å². The van der Waals surface area contributed by atoms with Crippen LogP contribution in [0, 0.1) is 0 Å². The van der Waals surface area contributed by atoms with E-state index in [0.717, 1.165) is 19.4 Å². The zero-order chi connectivity index (χ0) is 7.84. The summed E-state index contributed by atoms with van der Waals surface area (Å²) in [5.74, 6) is 0. The number of hydrogen-bond donors (Lipinski definition) is 0. The Morgan fingerprint density at radius 2 is 2.55 bits per heavy atom. The van der Waals surface area contributed by atoms with Crippen molar-refractivity contribution in [2.75, 3.05) is 6.54 Å². The van der Waals surface area contributed by atoms with Gasteiger partial charge in [-0.1, -0.05) is 6.58 Å². The standard InChI is InChI=1S/C8H11NO2/c1-2-7-6-4-3-5-9(6)8(10)11-7/h2,6-7H,1,3-5H2/t6-,7-/m0/s1. The van der Waals surface area contributed by atoms with Gasteiger partial charge in [0.25, 0.3) is 0 Å². The van der Waals surface area contributed by atoms with Crippen LogP contribution < -0.4 is 0 Å². The lowest BCUT2D eigenvalue weighted by molar-refractivity contribution is 0.143. The lowest BCUT2D eigenvalue weighted by atomic mass is 10.1. The Balaban J connectivity index is 2.19. The molecule has 2 fully saturated rings. The maximum Gasteiger partial charge on any atom is 0.410 e. The third-order valence-electron chi connectivity index (χ3n) is 2.38. The number of cyclic esters (lactones) is 1. The summed E-state index contributed by atoms with van der Waals surface area (Å²) in [5.41, 5.74) is 0. The van der Waals surface area contributed by atoms with Crippen molar-refractivity contribution in [3.63, 3.8) is 0 Å². The van der Waals surface area contributed by atoms with Crippen LogP contribution in [-0.4, -0.2) is 29.7 Å². The molecule has 0 N–H and O–H groups in total. The predicted molar refractivity (Wildman–Crippen MR) is 40.2 cm³/mol. The summed E-state index contributed by atoms with van der Waals surface area (Å²) in [6, 6.07) is 0.278. The summed E-state index contributed by atoms with van der Waals surface area (Å²) in [6.45, 7) is 4.49. The molecule has 0 aromatic rings. The molecule has 60 valence electrons. The van der Waals surface area contributed by atoms with Gasteiger partial charge in [0.05, 0.1) is 6.04 Å². The zero-order valence-corrected chi connectivity index (χ0v) is 6.32. The van der Waals surface area contributed by atoms with Gasteiger partial charge in [0.1, 0.15) is 6.10 Å². The van der Waals surface area contributed by atoms with Crippen LogP contribution in [0.3, 0.4) is 0 Å². The van der Waals surface area contributed by atoms with E-state index in [2.05, 4.69) is 6.58 Å². The van der Waals surface area contributed by atoms with E-state index in [1.807, 2.05) is 0 Å². The van der Waals surface area contributed by atoms with Crippen LogP contribution in [-0.2, 0) is 4.74 Å². The van der Waals surface area contributed by atoms with Gasteiger partial charge in [0.2, 0.25) is 0 Å². The number of rotatable bonds is 1. The maximum absolute atomic E-state index is 11.1. The molecule has 0 unspecified atom stereocenters. The van der Waals surface area contributed by atoms with Crippen LogP contribution in [0.25, 0.3) is 0 Å². The fourth-order valence-corrected chi connectivity index (χ4v) is 1.83. The summed E-state index contributed by atoms with van der Waals surface area (Å²) < 4.78 is 5.05. The summed E-state index contributed by atoms with van der Waals surface area (Å²) >= 11 is 0. The average molecular weight is 153 g/mol. The van der Waals surface area contributed by atoms with E-state index >= 15 is 0 Å². The van der Waals surface area contributed by atoms with Crippen LogP contribution in [0.5, 0.6) is 0 Å². The number of carbonyl (C=O) groups is 1. The largest absolute Gasteiger partial charge is 0.440 e. The Bertz CT molecular complexity index is 202. The van der Waals surface area contributed by atoms with E-state index in [1.54, 1.807) is 11.0 Å². The maximum atomic E-state index is 11.1. The third-order valence-corrected chi connectivity index (χ3v) is 2.38. The molecule has 11 heavy (non-hydrogen) atoms. The number of ether oxygens (including phenoxy) is 1. The van der Waals surface area contributed by atoms with E-state index in [0.29, 0.717) is 0 Å². The predicted octanol–water partition coefficient (Wildman–Crippen LogP) is 1.16. The van der Waals surface area contributed by atoms with Gasteiger partial charge in [-0.15, -0.1) is 0 Å². The van der Waals surface area contributed by atoms with Crippen LogP contribution in [0.2, 0.25) is 0 Å². The fraction of sp³-hybridized carbons (Fsp3) is 0.625. The third kappa shape index (κ3) is 0.836. The quantitative estimate of drug-likeness (QED) is 0.529. The van der Waals surface area contributed by atoms with Crippen molar-refractivity contribution < 1.29 is 9.53 Å². The molecule has 0 bridgehead atoms. The molecule has 3 heteroatoms. The Labute approximate surface area is 65.6 Å². The highest BCUT2D eigenvalue weighted by molar-refractivity contribution is 5.71. The Morgan fingerprint density at radius 1 is 1.73 bits per heavy atom. The van der Waals surface area contributed by atoms with E-state index < -0.39 is 0 Å². The van der Waals surface area contributed by atoms with Crippen molar-refractivity contribution in [1.29, 1.82) is 0 Å². The summed E-state index contributed by atoms with van der Waals surface area (Å²) in [5, 5.41) is 0. The van der Waals surface area contributed by atoms with Crippen LogP contribution in [0.15, 0.2) is 12.7 Å². The normalized spacial score (nSPS) is 35.3. The highest BCUT2D eigenvalue weighted by atomic mass is 16.6. The molecule has 0 aromatic carbocycles. The molecule has 2 saturated heterocycles. The van der Waals surface area contributed by atoms with Crippen LogP contribution in [0.4, 0.5) is 4.79 Å². The second-order valence-corrected chi connectivity index (χ2v) is 2.99. The van der Waals surface area contributed by atoms with Crippen molar-refractivity contribution >= 4 is 6.09 Å². The van der Waals surface area contributed by atoms with Gasteiger partial charge in [-0.2, -0.15) is 0 Å². The molecular weight excluding hydrogens is 142 g/mol. The van der Waals surface area contributed by atoms with Crippen molar-refractivity contribution in [1.82, 2.24) is 4.90 Å². The lowest BCUT2D eigenvalue weighted by Gasteiger charge is -2.11. The fourth-order valence-electron chi connectivity index (χ4n) is 1.83. The number of fused-ring (bicyclic) bond motifs is 1. The topological polar surface area (TPSA) is 29.5 Å². The molecule has 2 rings (SSSR count). The van der Waals surface area contributed by atoms with Crippen molar-refractivity contribution in [3.05, 3.63) is 12.7 Å². The Hall–Kier alpha value is -0.990. The molecule has 0 saturated carbocycles. The number of hydrogen-bond acceptors (Lipinski definition) is 2. The molecule has 3 nitrogen and oxygen atoms in total. The molecular formula is C8H11NO2. The van der Waals surface area contributed by atoms with Crippen molar-refractivity contribution in [2.45, 2.75) is 25.0 Å².